The zero-order valence-electron chi connectivity index (χ0n) is 14.9. The van der Waals surface area contributed by atoms with Gasteiger partial charge in [-0.25, -0.2) is 26.7 Å². The SMILES string of the molecule is NC(=O)OCCCCC(NC(=O)C(N)Cc1c(F)c(F)c(F)c(F)c1F)C(N)=O. The number of benzene rings is 1. The van der Waals surface area contributed by atoms with Crippen LogP contribution in [0.5, 0.6) is 0 Å². The normalized spacial score (nSPS) is 12.9. The van der Waals surface area contributed by atoms with Crippen molar-refractivity contribution in [1.29, 1.82) is 0 Å². The highest BCUT2D eigenvalue weighted by Crippen LogP contribution is 2.23. The molecule has 162 valence electrons. The van der Waals surface area contributed by atoms with Crippen LogP contribution in [0.1, 0.15) is 24.8 Å². The largest absolute Gasteiger partial charge is 0.450 e. The molecular formula is C16H19F5N4O4. The second-order valence-electron chi connectivity index (χ2n) is 5.99. The summed E-state index contributed by atoms with van der Waals surface area (Å²) >= 11 is 0. The molecule has 7 N–H and O–H groups in total. The van der Waals surface area contributed by atoms with Crippen LogP contribution in [0.3, 0.4) is 0 Å². The molecule has 0 aliphatic heterocycles. The first-order chi connectivity index (χ1) is 13.5. The maximum absolute atomic E-state index is 13.7. The molecule has 0 saturated heterocycles. The van der Waals surface area contributed by atoms with E-state index in [4.69, 9.17) is 17.2 Å². The van der Waals surface area contributed by atoms with Crippen LogP contribution in [0.2, 0.25) is 0 Å². The summed E-state index contributed by atoms with van der Waals surface area (Å²) in [6.07, 6.45) is -1.43. The fraction of sp³-hybridized carbons (Fsp3) is 0.438. The first kappa shape index (κ1) is 24.1. The third-order valence-electron chi connectivity index (χ3n) is 3.85. The van der Waals surface area contributed by atoms with Gasteiger partial charge in [0.25, 0.3) is 0 Å². The third kappa shape index (κ3) is 6.55. The number of rotatable bonds is 10. The zero-order chi connectivity index (χ0) is 22.3. The molecule has 0 spiro atoms. The lowest BCUT2D eigenvalue weighted by atomic mass is 10.0. The Balaban J connectivity index is 2.75. The van der Waals surface area contributed by atoms with Crippen molar-refractivity contribution in [3.8, 4) is 0 Å². The zero-order valence-corrected chi connectivity index (χ0v) is 14.9. The molecule has 1 rings (SSSR count). The lowest BCUT2D eigenvalue weighted by Crippen LogP contribution is -2.51. The van der Waals surface area contributed by atoms with Crippen LogP contribution in [-0.2, 0) is 20.7 Å². The lowest BCUT2D eigenvalue weighted by Gasteiger charge is -2.19. The van der Waals surface area contributed by atoms with Crippen molar-refractivity contribution in [2.75, 3.05) is 6.61 Å². The molecule has 0 bridgehead atoms. The van der Waals surface area contributed by atoms with E-state index >= 15 is 0 Å². The molecule has 8 nitrogen and oxygen atoms in total. The number of amides is 3. The summed E-state index contributed by atoms with van der Waals surface area (Å²) in [5, 5.41) is 2.14. The number of nitrogens with two attached hydrogens (primary N) is 3. The topological polar surface area (TPSA) is 151 Å². The monoisotopic (exact) mass is 426 g/mol. The second-order valence-corrected chi connectivity index (χ2v) is 5.99. The quantitative estimate of drug-likeness (QED) is 0.186. The Morgan fingerprint density at radius 2 is 1.41 bits per heavy atom. The van der Waals surface area contributed by atoms with Gasteiger partial charge in [0.1, 0.15) is 6.04 Å². The number of primary amides is 2. The number of ether oxygens (including phenoxy) is 1. The molecule has 29 heavy (non-hydrogen) atoms. The number of hydrogen-bond donors (Lipinski definition) is 4. The van der Waals surface area contributed by atoms with Crippen LogP contribution >= 0.6 is 0 Å². The number of unbranched alkanes of at least 4 members (excludes halogenated alkanes) is 1. The average Bonchev–Trinajstić information content (AvgIpc) is 2.66. The number of carbonyl (C=O) groups is 3. The summed E-state index contributed by atoms with van der Waals surface area (Å²) in [6.45, 7) is -0.0332. The maximum Gasteiger partial charge on any atom is 0.404 e. The first-order valence-corrected chi connectivity index (χ1v) is 8.25. The van der Waals surface area contributed by atoms with Gasteiger partial charge in [-0.2, -0.15) is 0 Å². The molecule has 0 aliphatic carbocycles. The number of halogens is 5. The Hall–Kier alpha value is -2.96. The summed E-state index contributed by atoms with van der Waals surface area (Å²) in [5.74, 6) is -12.9. The van der Waals surface area contributed by atoms with Gasteiger partial charge in [0, 0.05) is 12.0 Å². The van der Waals surface area contributed by atoms with Gasteiger partial charge in [-0.15, -0.1) is 0 Å². The average molecular weight is 426 g/mol. The molecule has 3 amide bonds. The molecule has 1 aromatic carbocycles. The minimum Gasteiger partial charge on any atom is -0.450 e. The summed E-state index contributed by atoms with van der Waals surface area (Å²) in [5.41, 5.74) is 14.1. The molecule has 1 aromatic rings. The van der Waals surface area contributed by atoms with Crippen LogP contribution in [0.15, 0.2) is 0 Å². The minimum atomic E-state index is -2.34. The van der Waals surface area contributed by atoms with Crippen molar-refractivity contribution in [2.45, 2.75) is 37.8 Å². The third-order valence-corrected chi connectivity index (χ3v) is 3.85. The molecule has 0 radical (unpaired) electrons. The molecular weight excluding hydrogens is 407 g/mol. The van der Waals surface area contributed by atoms with E-state index < -0.39 is 71.1 Å². The Morgan fingerprint density at radius 3 is 1.90 bits per heavy atom. The summed E-state index contributed by atoms with van der Waals surface area (Å²) in [7, 11) is 0. The highest BCUT2D eigenvalue weighted by atomic mass is 19.2. The minimum absolute atomic E-state index is 0.0123. The Morgan fingerprint density at radius 1 is 0.897 bits per heavy atom. The van der Waals surface area contributed by atoms with Crippen molar-refractivity contribution in [2.24, 2.45) is 17.2 Å². The predicted molar refractivity (Wildman–Crippen MR) is 88.4 cm³/mol. The molecule has 0 heterocycles. The van der Waals surface area contributed by atoms with E-state index in [0.29, 0.717) is 6.42 Å². The summed E-state index contributed by atoms with van der Waals surface area (Å²) < 4.78 is 71.3. The van der Waals surface area contributed by atoms with Crippen LogP contribution < -0.4 is 22.5 Å². The van der Waals surface area contributed by atoms with Crippen LogP contribution in [0.4, 0.5) is 26.7 Å². The number of nitrogens with one attached hydrogen (secondary N) is 1. The van der Waals surface area contributed by atoms with Crippen LogP contribution in [-0.4, -0.2) is 36.6 Å². The molecule has 13 heteroatoms. The summed E-state index contributed by atoms with van der Waals surface area (Å²) in [6, 6.07) is -2.96. The first-order valence-electron chi connectivity index (χ1n) is 8.25. The van der Waals surface area contributed by atoms with Crippen molar-refractivity contribution in [1.82, 2.24) is 5.32 Å². The van der Waals surface area contributed by atoms with Crippen LogP contribution in [0, 0.1) is 29.1 Å². The highest BCUT2D eigenvalue weighted by Gasteiger charge is 2.29. The van der Waals surface area contributed by atoms with E-state index in [1.165, 1.54) is 0 Å². The van der Waals surface area contributed by atoms with E-state index in [0.717, 1.165) is 0 Å². The molecule has 0 fully saturated rings. The van der Waals surface area contributed by atoms with Gasteiger partial charge in [0.2, 0.25) is 17.6 Å². The van der Waals surface area contributed by atoms with Gasteiger partial charge in [0.15, 0.2) is 23.3 Å². The highest BCUT2D eigenvalue weighted by molar-refractivity contribution is 5.89. The lowest BCUT2D eigenvalue weighted by molar-refractivity contribution is -0.128. The van der Waals surface area contributed by atoms with E-state index in [1.807, 2.05) is 0 Å². The molecule has 0 saturated carbocycles. The van der Waals surface area contributed by atoms with Crippen molar-refractivity contribution < 1.29 is 41.1 Å². The molecule has 2 unspecified atom stereocenters. The van der Waals surface area contributed by atoms with Crippen molar-refractivity contribution in [3.05, 3.63) is 34.6 Å². The van der Waals surface area contributed by atoms with Crippen LogP contribution in [0.25, 0.3) is 0 Å². The Kier molecular flexibility index (Phi) is 8.76. The van der Waals surface area contributed by atoms with E-state index in [2.05, 4.69) is 10.1 Å². The van der Waals surface area contributed by atoms with Gasteiger partial charge < -0.3 is 27.3 Å². The maximum atomic E-state index is 13.7. The fourth-order valence-electron chi connectivity index (χ4n) is 2.33. The molecule has 0 aromatic heterocycles. The Labute approximate surface area is 161 Å². The second kappa shape index (κ2) is 10.5. The van der Waals surface area contributed by atoms with Crippen molar-refractivity contribution >= 4 is 17.9 Å². The Bertz CT molecular complexity index is 764. The van der Waals surface area contributed by atoms with Crippen molar-refractivity contribution in [3.63, 3.8) is 0 Å². The van der Waals surface area contributed by atoms with E-state index in [-0.39, 0.29) is 19.4 Å². The molecule has 2 atom stereocenters. The number of hydrogen-bond acceptors (Lipinski definition) is 5. The summed E-state index contributed by atoms with van der Waals surface area (Å²) in [4.78, 5) is 33.9. The standard InChI is InChI=1S/C16H19F5N4O4/c17-9-6(10(18)12(20)13(21)11(9)19)5-7(22)15(27)25-8(14(23)26)3-1-2-4-29-16(24)28/h7-8H,1-5,22H2,(H2,23,26)(H2,24,28)(H,25,27). The van der Waals surface area contributed by atoms with Gasteiger partial charge >= 0.3 is 6.09 Å². The van der Waals surface area contributed by atoms with Gasteiger partial charge in [-0.05, 0) is 19.3 Å². The van der Waals surface area contributed by atoms with Gasteiger partial charge in [-0.1, -0.05) is 0 Å². The fourth-order valence-corrected chi connectivity index (χ4v) is 2.33. The van der Waals surface area contributed by atoms with E-state index in [1.54, 1.807) is 0 Å². The van der Waals surface area contributed by atoms with E-state index in [9.17, 15) is 36.3 Å². The predicted octanol–water partition coefficient (Wildman–Crippen LogP) is 0.488. The van der Waals surface area contributed by atoms with Gasteiger partial charge in [-0.3, -0.25) is 9.59 Å². The number of carbonyl (C=O) groups excluding carboxylic acids is 3. The molecule has 0 aliphatic rings. The smallest absolute Gasteiger partial charge is 0.404 e. The van der Waals surface area contributed by atoms with Gasteiger partial charge in [0.05, 0.1) is 12.6 Å².